The molecule has 0 radical (unpaired) electrons. The van der Waals surface area contributed by atoms with Crippen LogP contribution < -0.4 is 15.5 Å². The highest BCUT2D eigenvalue weighted by Crippen LogP contribution is 2.25. The summed E-state index contributed by atoms with van der Waals surface area (Å²) in [4.78, 5) is 30.7. The van der Waals surface area contributed by atoms with E-state index in [-0.39, 0.29) is 23.9 Å². The van der Waals surface area contributed by atoms with Crippen molar-refractivity contribution in [2.45, 2.75) is 39.2 Å². The summed E-state index contributed by atoms with van der Waals surface area (Å²) in [6, 6.07) is 9.16. The minimum atomic E-state index is -0.215. The second-order valence-corrected chi connectivity index (χ2v) is 7.82. The highest BCUT2D eigenvalue weighted by molar-refractivity contribution is 5.97. The molecule has 3 aromatic rings. The summed E-state index contributed by atoms with van der Waals surface area (Å²) in [5.74, 6) is -0.0434. The van der Waals surface area contributed by atoms with Gasteiger partial charge in [-0.05, 0) is 43.0 Å². The molecule has 1 aliphatic rings. The van der Waals surface area contributed by atoms with Crippen molar-refractivity contribution in [2.75, 3.05) is 18.0 Å². The maximum Gasteiger partial charge on any atom is 0.321 e. The van der Waals surface area contributed by atoms with Crippen LogP contribution in [0.15, 0.2) is 41.1 Å². The number of anilines is 1. The first-order chi connectivity index (χ1) is 14.4. The molecule has 4 rings (SSSR count). The third-order valence-corrected chi connectivity index (χ3v) is 5.30. The molecule has 0 aliphatic carbocycles. The van der Waals surface area contributed by atoms with Gasteiger partial charge in [0, 0.05) is 25.0 Å². The zero-order chi connectivity index (χ0) is 21.3. The van der Waals surface area contributed by atoms with Crippen LogP contribution in [0.5, 0.6) is 0 Å². The Bertz CT molecular complexity index is 1070. The number of fused-ring (bicyclic) bond motifs is 1. The molecule has 0 saturated carbocycles. The Morgan fingerprint density at radius 3 is 2.70 bits per heavy atom. The number of nitrogens with one attached hydrogen (secondary N) is 2. The van der Waals surface area contributed by atoms with Crippen molar-refractivity contribution in [3.05, 3.63) is 53.3 Å². The first-order valence-electron chi connectivity index (χ1n) is 10.2. The molecule has 1 atom stereocenters. The third kappa shape index (κ3) is 3.85. The molecule has 8 heteroatoms. The fraction of sp³-hybridized carbons (Fsp3) is 0.364. The average molecular weight is 407 g/mol. The number of rotatable bonds is 5. The number of amides is 3. The van der Waals surface area contributed by atoms with Gasteiger partial charge >= 0.3 is 6.03 Å². The van der Waals surface area contributed by atoms with Crippen LogP contribution in [0, 0.1) is 0 Å². The van der Waals surface area contributed by atoms with Gasteiger partial charge in [0.15, 0.2) is 0 Å². The predicted molar refractivity (Wildman–Crippen MR) is 114 cm³/mol. The lowest BCUT2D eigenvalue weighted by Gasteiger charge is -2.27. The molecule has 8 nitrogen and oxygen atoms in total. The Labute approximate surface area is 174 Å². The van der Waals surface area contributed by atoms with E-state index in [1.54, 1.807) is 11.0 Å². The van der Waals surface area contributed by atoms with Gasteiger partial charge in [0.05, 0.1) is 22.7 Å². The molecule has 1 unspecified atom stereocenters. The van der Waals surface area contributed by atoms with E-state index in [1.807, 2.05) is 45.0 Å². The van der Waals surface area contributed by atoms with E-state index < -0.39 is 0 Å². The van der Waals surface area contributed by atoms with E-state index in [1.165, 1.54) is 6.20 Å². The number of hydrogen-bond acceptors (Lipinski definition) is 5. The van der Waals surface area contributed by atoms with Crippen LogP contribution in [0.1, 0.15) is 60.8 Å². The van der Waals surface area contributed by atoms with Crippen molar-refractivity contribution >= 4 is 28.7 Å². The molecule has 30 heavy (non-hydrogen) atoms. The summed E-state index contributed by atoms with van der Waals surface area (Å²) < 4.78 is 5.24. The zero-order valence-corrected chi connectivity index (χ0v) is 17.3. The number of pyridine rings is 1. The van der Waals surface area contributed by atoms with Crippen molar-refractivity contribution in [2.24, 2.45) is 0 Å². The number of carbonyl (C=O) groups excluding carboxylic acids is 2. The van der Waals surface area contributed by atoms with Crippen molar-refractivity contribution < 1.29 is 14.1 Å². The van der Waals surface area contributed by atoms with Crippen molar-refractivity contribution in [1.29, 1.82) is 0 Å². The van der Waals surface area contributed by atoms with Crippen LogP contribution in [0.2, 0.25) is 0 Å². The SMILES string of the molecule is CC(C)c1noc2ncc(C(=O)NC(C)c3ccc(N4CCCNC4=O)cc3)cc12. The fourth-order valence-electron chi connectivity index (χ4n) is 3.57. The second-order valence-electron chi connectivity index (χ2n) is 7.82. The molecule has 0 spiro atoms. The smallest absolute Gasteiger partial charge is 0.321 e. The second kappa shape index (κ2) is 8.14. The van der Waals surface area contributed by atoms with Crippen LogP contribution >= 0.6 is 0 Å². The summed E-state index contributed by atoms with van der Waals surface area (Å²) >= 11 is 0. The maximum atomic E-state index is 12.8. The van der Waals surface area contributed by atoms with E-state index >= 15 is 0 Å². The van der Waals surface area contributed by atoms with Gasteiger partial charge in [0.2, 0.25) is 0 Å². The van der Waals surface area contributed by atoms with Gasteiger partial charge in [-0.2, -0.15) is 0 Å². The molecule has 1 aromatic carbocycles. The first kappa shape index (κ1) is 19.9. The van der Waals surface area contributed by atoms with E-state index in [0.717, 1.165) is 28.8 Å². The van der Waals surface area contributed by atoms with Gasteiger partial charge < -0.3 is 15.2 Å². The first-order valence-corrected chi connectivity index (χ1v) is 10.2. The van der Waals surface area contributed by atoms with Crippen LogP contribution in [-0.4, -0.2) is 35.2 Å². The van der Waals surface area contributed by atoms with Crippen LogP contribution in [-0.2, 0) is 0 Å². The highest BCUT2D eigenvalue weighted by atomic mass is 16.5. The summed E-state index contributed by atoms with van der Waals surface area (Å²) in [5.41, 5.74) is 3.48. The molecule has 2 N–H and O–H groups in total. The normalized spacial score (nSPS) is 15.3. The monoisotopic (exact) mass is 407 g/mol. The van der Waals surface area contributed by atoms with Crippen LogP contribution in [0.3, 0.4) is 0 Å². The van der Waals surface area contributed by atoms with Crippen molar-refractivity contribution in [1.82, 2.24) is 20.8 Å². The van der Waals surface area contributed by atoms with Gasteiger partial charge in [-0.3, -0.25) is 9.69 Å². The van der Waals surface area contributed by atoms with E-state index in [0.29, 0.717) is 24.4 Å². The van der Waals surface area contributed by atoms with Gasteiger partial charge in [0.25, 0.3) is 11.6 Å². The summed E-state index contributed by atoms with van der Waals surface area (Å²) in [6.45, 7) is 7.37. The quantitative estimate of drug-likeness (QED) is 0.671. The van der Waals surface area contributed by atoms with Crippen LogP contribution in [0.25, 0.3) is 11.1 Å². The largest absolute Gasteiger partial charge is 0.345 e. The molecule has 0 bridgehead atoms. The summed E-state index contributed by atoms with van der Waals surface area (Å²) in [6.07, 6.45) is 2.42. The lowest BCUT2D eigenvalue weighted by atomic mass is 10.1. The maximum absolute atomic E-state index is 12.8. The Kier molecular flexibility index (Phi) is 5.39. The predicted octanol–water partition coefficient (Wildman–Crippen LogP) is 3.76. The standard InChI is InChI=1S/C22H25N5O3/c1-13(2)19-18-11-16(12-24-21(18)30-26-19)20(28)25-14(3)15-5-7-17(8-6-15)27-10-4-9-23-22(27)29/h5-8,11-14H,4,9-10H2,1-3H3,(H,23,29)(H,25,28). The van der Waals surface area contributed by atoms with Crippen LogP contribution in [0.4, 0.5) is 10.5 Å². The molecule has 156 valence electrons. The Morgan fingerprint density at radius 2 is 2.00 bits per heavy atom. The van der Waals surface area contributed by atoms with E-state index in [4.69, 9.17) is 4.52 Å². The topological polar surface area (TPSA) is 100 Å². The lowest BCUT2D eigenvalue weighted by molar-refractivity contribution is 0.0939. The number of aromatic nitrogens is 2. The molecule has 2 aromatic heterocycles. The third-order valence-electron chi connectivity index (χ3n) is 5.30. The Balaban J connectivity index is 1.47. The van der Waals surface area contributed by atoms with Crippen molar-refractivity contribution in [3.63, 3.8) is 0 Å². The average Bonchev–Trinajstić information content (AvgIpc) is 3.18. The van der Waals surface area contributed by atoms with Crippen molar-refractivity contribution in [3.8, 4) is 0 Å². The molecule has 1 fully saturated rings. The Hall–Kier alpha value is -3.42. The minimum Gasteiger partial charge on any atom is -0.345 e. The van der Waals surface area contributed by atoms with Gasteiger partial charge in [0.1, 0.15) is 0 Å². The number of hydrogen-bond donors (Lipinski definition) is 2. The van der Waals surface area contributed by atoms with Gasteiger partial charge in [-0.25, -0.2) is 9.78 Å². The molecular formula is C22H25N5O3. The Morgan fingerprint density at radius 1 is 1.23 bits per heavy atom. The fourth-order valence-corrected chi connectivity index (χ4v) is 3.57. The highest BCUT2D eigenvalue weighted by Gasteiger charge is 2.20. The molecule has 1 saturated heterocycles. The van der Waals surface area contributed by atoms with Gasteiger partial charge in [-0.15, -0.1) is 0 Å². The lowest BCUT2D eigenvalue weighted by Crippen LogP contribution is -2.46. The number of carbonyl (C=O) groups is 2. The minimum absolute atomic E-state index is 0.0762. The zero-order valence-electron chi connectivity index (χ0n) is 17.3. The summed E-state index contributed by atoms with van der Waals surface area (Å²) in [7, 11) is 0. The molecule has 3 amide bonds. The number of benzene rings is 1. The van der Waals surface area contributed by atoms with E-state index in [2.05, 4.69) is 20.8 Å². The molecule has 3 heterocycles. The number of urea groups is 1. The number of nitrogens with zero attached hydrogens (tertiary/aromatic N) is 3. The summed E-state index contributed by atoms with van der Waals surface area (Å²) in [5, 5.41) is 10.7. The molecular weight excluding hydrogens is 382 g/mol. The van der Waals surface area contributed by atoms with E-state index in [9.17, 15) is 9.59 Å². The van der Waals surface area contributed by atoms with Gasteiger partial charge in [-0.1, -0.05) is 31.1 Å². The molecule has 1 aliphatic heterocycles.